The fraction of sp³-hybridized carbons (Fsp3) is 0.467. The lowest BCUT2D eigenvalue weighted by atomic mass is 9.95. The lowest BCUT2D eigenvalue weighted by molar-refractivity contribution is -0.919. The van der Waals surface area contributed by atoms with Crippen molar-refractivity contribution in [1.82, 2.24) is 0 Å². The zero-order valence-corrected chi connectivity index (χ0v) is 13.7. The van der Waals surface area contributed by atoms with Crippen LogP contribution in [0.2, 0.25) is 0 Å². The number of amides is 2. The number of primary amides is 1. The van der Waals surface area contributed by atoms with E-state index in [1.165, 1.54) is 4.90 Å². The molecule has 6 heteroatoms. The second-order valence-corrected chi connectivity index (χ2v) is 6.47. The first-order valence-electron chi connectivity index (χ1n) is 7.17. The molecule has 1 heterocycles. The van der Waals surface area contributed by atoms with Gasteiger partial charge in [0.05, 0.1) is 13.1 Å². The fourth-order valence-corrected chi connectivity index (χ4v) is 2.94. The number of quaternary nitrogens is 1. The SMILES string of the molecule is C[C@H](C(=O)Nc1ccc(Br)cc1)[NH+]1CCC(C(N)=O)CC1. The summed E-state index contributed by atoms with van der Waals surface area (Å²) in [5, 5.41) is 2.93. The zero-order chi connectivity index (χ0) is 15.4. The average Bonchev–Trinajstić information content (AvgIpc) is 2.49. The summed E-state index contributed by atoms with van der Waals surface area (Å²) >= 11 is 3.37. The molecule has 0 aliphatic carbocycles. The van der Waals surface area contributed by atoms with Gasteiger partial charge in [-0.05, 0) is 31.2 Å². The van der Waals surface area contributed by atoms with Gasteiger partial charge in [-0.25, -0.2) is 0 Å². The lowest BCUT2D eigenvalue weighted by Crippen LogP contribution is -3.17. The molecule has 1 aromatic rings. The first kappa shape index (κ1) is 16.0. The summed E-state index contributed by atoms with van der Waals surface area (Å²) in [6.45, 7) is 3.54. The molecule has 4 N–H and O–H groups in total. The van der Waals surface area contributed by atoms with E-state index >= 15 is 0 Å². The van der Waals surface area contributed by atoms with Crippen LogP contribution >= 0.6 is 15.9 Å². The van der Waals surface area contributed by atoms with Crippen molar-refractivity contribution in [2.24, 2.45) is 11.7 Å². The molecule has 5 nitrogen and oxygen atoms in total. The third-order valence-electron chi connectivity index (χ3n) is 4.15. The minimum atomic E-state index is -0.221. The van der Waals surface area contributed by atoms with Crippen molar-refractivity contribution in [3.05, 3.63) is 28.7 Å². The predicted molar refractivity (Wildman–Crippen MR) is 84.8 cm³/mol. The minimum Gasteiger partial charge on any atom is -0.369 e. The summed E-state index contributed by atoms with van der Waals surface area (Å²) in [6.07, 6.45) is 1.53. The number of carbonyl (C=O) groups is 2. The van der Waals surface area contributed by atoms with Crippen molar-refractivity contribution in [3.63, 3.8) is 0 Å². The van der Waals surface area contributed by atoms with Crippen LogP contribution in [0.25, 0.3) is 0 Å². The monoisotopic (exact) mass is 354 g/mol. The Hall–Kier alpha value is -1.40. The number of benzene rings is 1. The van der Waals surface area contributed by atoms with Gasteiger partial charge in [0.15, 0.2) is 6.04 Å². The van der Waals surface area contributed by atoms with E-state index in [9.17, 15) is 9.59 Å². The highest BCUT2D eigenvalue weighted by molar-refractivity contribution is 9.10. The molecule has 0 radical (unpaired) electrons. The van der Waals surface area contributed by atoms with E-state index in [4.69, 9.17) is 5.73 Å². The van der Waals surface area contributed by atoms with Crippen LogP contribution in [-0.2, 0) is 9.59 Å². The second kappa shape index (κ2) is 7.04. The van der Waals surface area contributed by atoms with E-state index in [-0.39, 0.29) is 23.8 Å². The molecule has 2 rings (SSSR count). The minimum absolute atomic E-state index is 0.00449. The molecule has 1 aliphatic rings. The van der Waals surface area contributed by atoms with Gasteiger partial charge >= 0.3 is 0 Å². The molecule has 0 bridgehead atoms. The van der Waals surface area contributed by atoms with Crippen LogP contribution in [0, 0.1) is 5.92 Å². The molecule has 0 unspecified atom stereocenters. The van der Waals surface area contributed by atoms with E-state index < -0.39 is 0 Å². The average molecular weight is 355 g/mol. The maximum Gasteiger partial charge on any atom is 0.282 e. The van der Waals surface area contributed by atoms with E-state index in [1.54, 1.807) is 0 Å². The molecule has 0 aromatic heterocycles. The summed E-state index contributed by atoms with van der Waals surface area (Å²) in [5.41, 5.74) is 6.12. The number of anilines is 1. The molecule has 1 fully saturated rings. The van der Waals surface area contributed by atoms with Gasteiger partial charge in [0.1, 0.15) is 0 Å². The first-order chi connectivity index (χ1) is 9.97. The summed E-state index contributed by atoms with van der Waals surface area (Å²) < 4.78 is 0.979. The highest BCUT2D eigenvalue weighted by Crippen LogP contribution is 2.14. The Bertz CT molecular complexity index is 510. The van der Waals surface area contributed by atoms with Crippen molar-refractivity contribution in [2.45, 2.75) is 25.8 Å². The summed E-state index contributed by atoms with van der Waals surface area (Å²) in [6, 6.07) is 7.38. The molecule has 0 saturated carbocycles. The van der Waals surface area contributed by atoms with Crippen LogP contribution in [0.3, 0.4) is 0 Å². The van der Waals surface area contributed by atoms with Gasteiger partial charge < -0.3 is 16.0 Å². The maximum atomic E-state index is 12.3. The molecule has 1 aliphatic heterocycles. The topological polar surface area (TPSA) is 76.6 Å². The summed E-state index contributed by atoms with van der Waals surface area (Å²) in [4.78, 5) is 24.7. The van der Waals surface area contributed by atoms with Crippen molar-refractivity contribution >= 4 is 33.4 Å². The highest BCUT2D eigenvalue weighted by Gasteiger charge is 2.31. The van der Waals surface area contributed by atoms with E-state index in [1.807, 2.05) is 31.2 Å². The normalized spacial score (nSPS) is 23.3. The van der Waals surface area contributed by atoms with Crippen LogP contribution in [0.1, 0.15) is 19.8 Å². The smallest absolute Gasteiger partial charge is 0.282 e. The Morgan fingerprint density at radius 2 is 1.86 bits per heavy atom. The molecule has 2 amide bonds. The van der Waals surface area contributed by atoms with Crippen LogP contribution in [0.5, 0.6) is 0 Å². The van der Waals surface area contributed by atoms with Gasteiger partial charge in [0, 0.05) is 28.9 Å². The molecule has 0 spiro atoms. The Morgan fingerprint density at radius 3 is 2.38 bits per heavy atom. The number of hydrogen-bond donors (Lipinski definition) is 3. The Kier molecular flexibility index (Phi) is 5.36. The maximum absolute atomic E-state index is 12.3. The number of hydrogen-bond acceptors (Lipinski definition) is 2. The standard InChI is InChI=1S/C15H20BrN3O2/c1-10(19-8-6-11(7-9-19)14(17)20)15(21)18-13-4-2-12(16)3-5-13/h2-5,10-11H,6-9H2,1H3,(H2,17,20)(H,18,21)/p+1/t10-/m1/s1. The number of likely N-dealkylation sites (tertiary alicyclic amines) is 1. The number of nitrogens with two attached hydrogens (primary N) is 1. The number of halogens is 1. The van der Waals surface area contributed by atoms with Gasteiger partial charge in [0.2, 0.25) is 5.91 Å². The fourth-order valence-electron chi connectivity index (χ4n) is 2.68. The van der Waals surface area contributed by atoms with Gasteiger partial charge in [-0.2, -0.15) is 0 Å². The molecule has 1 aromatic carbocycles. The highest BCUT2D eigenvalue weighted by atomic mass is 79.9. The molecule has 21 heavy (non-hydrogen) atoms. The third kappa shape index (κ3) is 4.28. The molecular weight excluding hydrogens is 334 g/mol. The van der Waals surface area contributed by atoms with Crippen molar-refractivity contribution in [3.8, 4) is 0 Å². The van der Waals surface area contributed by atoms with Gasteiger partial charge in [0.25, 0.3) is 5.91 Å². The first-order valence-corrected chi connectivity index (χ1v) is 7.97. The third-order valence-corrected chi connectivity index (χ3v) is 4.68. The molecule has 114 valence electrons. The van der Waals surface area contributed by atoms with Crippen LogP contribution < -0.4 is 16.0 Å². The zero-order valence-electron chi connectivity index (χ0n) is 12.1. The summed E-state index contributed by atoms with van der Waals surface area (Å²) in [7, 11) is 0. The van der Waals surface area contributed by atoms with Crippen molar-refractivity contribution < 1.29 is 14.5 Å². The Labute approximate surface area is 133 Å². The van der Waals surface area contributed by atoms with Gasteiger partial charge in [-0.3, -0.25) is 9.59 Å². The number of rotatable bonds is 4. The van der Waals surface area contributed by atoms with Crippen molar-refractivity contribution in [1.29, 1.82) is 0 Å². The Morgan fingerprint density at radius 1 is 1.29 bits per heavy atom. The van der Waals surface area contributed by atoms with E-state index in [0.717, 1.165) is 36.1 Å². The molecular formula is C15H21BrN3O2+. The van der Waals surface area contributed by atoms with Gasteiger partial charge in [-0.15, -0.1) is 0 Å². The number of piperidine rings is 1. The van der Waals surface area contributed by atoms with Gasteiger partial charge in [-0.1, -0.05) is 15.9 Å². The summed E-state index contributed by atoms with van der Waals surface area (Å²) in [5.74, 6) is -0.249. The second-order valence-electron chi connectivity index (χ2n) is 5.55. The lowest BCUT2D eigenvalue weighted by Gasteiger charge is -2.31. The van der Waals surface area contributed by atoms with Crippen LogP contribution in [0.15, 0.2) is 28.7 Å². The quantitative estimate of drug-likeness (QED) is 0.738. The predicted octanol–water partition coefficient (Wildman–Crippen LogP) is 0.556. The number of carbonyl (C=O) groups excluding carboxylic acids is 2. The van der Waals surface area contributed by atoms with Crippen molar-refractivity contribution in [2.75, 3.05) is 18.4 Å². The van der Waals surface area contributed by atoms with E-state index in [2.05, 4.69) is 21.2 Å². The molecule has 1 atom stereocenters. The van der Waals surface area contributed by atoms with Crippen LogP contribution in [0.4, 0.5) is 5.69 Å². The largest absolute Gasteiger partial charge is 0.369 e. The molecule has 1 saturated heterocycles. The Balaban J connectivity index is 1.88. The van der Waals surface area contributed by atoms with Crippen LogP contribution in [-0.4, -0.2) is 30.9 Å². The number of nitrogens with one attached hydrogen (secondary N) is 2. The van der Waals surface area contributed by atoms with E-state index in [0.29, 0.717) is 0 Å².